The van der Waals surface area contributed by atoms with Crippen molar-refractivity contribution in [3.05, 3.63) is 45.3 Å². The third-order valence-electron chi connectivity index (χ3n) is 4.21. The molecule has 0 aromatic carbocycles. The number of phosphoric acid groups is 1. The van der Waals surface area contributed by atoms with Crippen molar-refractivity contribution in [1.29, 1.82) is 0 Å². The molecule has 1 aliphatic rings. The molecule has 0 amide bonds. The molecule has 0 radical (unpaired) electrons. The van der Waals surface area contributed by atoms with Gasteiger partial charge in [-0.1, -0.05) is 0 Å². The van der Waals surface area contributed by atoms with Crippen molar-refractivity contribution in [2.75, 3.05) is 12.3 Å². The van der Waals surface area contributed by atoms with Gasteiger partial charge in [0.05, 0.1) is 12.9 Å². The van der Waals surface area contributed by atoms with E-state index in [4.69, 9.17) is 20.3 Å². The van der Waals surface area contributed by atoms with Gasteiger partial charge in [0.25, 0.3) is 5.56 Å². The van der Waals surface area contributed by atoms with Crippen LogP contribution in [0.5, 0.6) is 0 Å². The van der Waals surface area contributed by atoms with Crippen molar-refractivity contribution >= 4 is 24.8 Å². The minimum absolute atomic E-state index is 0.0663. The molecule has 19 heteroatoms. The number of hydrogen-bond acceptors (Lipinski definition) is 11. The summed E-state index contributed by atoms with van der Waals surface area (Å²) in [6.07, 6.45) is -4.75. The van der Waals surface area contributed by atoms with Crippen LogP contribution in [0.15, 0.2) is 22.1 Å². The van der Waals surface area contributed by atoms with Crippen molar-refractivity contribution < 1.29 is 42.6 Å². The Morgan fingerprint density at radius 1 is 1.24 bits per heavy atom. The number of aromatic amines is 2. The van der Waals surface area contributed by atoms with Crippen molar-refractivity contribution in [1.82, 2.24) is 29.5 Å². The predicted molar refractivity (Wildman–Crippen MR) is 101 cm³/mol. The molecule has 4 heterocycles. The molecule has 1 aliphatic heterocycles. The number of hydrogen-bond donors (Lipinski definition) is 7. The van der Waals surface area contributed by atoms with Crippen LogP contribution in [0, 0.1) is 11.9 Å². The molecule has 4 rings (SSSR count). The van der Waals surface area contributed by atoms with Gasteiger partial charge in [0, 0.05) is 6.20 Å². The maximum atomic E-state index is 13.3. The molecule has 3 aromatic rings. The summed E-state index contributed by atoms with van der Waals surface area (Å²) >= 11 is 0. The number of rotatable bonds is 4. The van der Waals surface area contributed by atoms with E-state index in [9.17, 15) is 33.1 Å². The first-order chi connectivity index (χ1) is 15.4. The normalized spacial score (nSPS) is 22.8. The van der Waals surface area contributed by atoms with Crippen LogP contribution in [0.3, 0.4) is 0 Å². The average molecular weight is 495 g/mol. The Morgan fingerprint density at radius 3 is 2.55 bits per heavy atom. The van der Waals surface area contributed by atoms with Crippen molar-refractivity contribution in [2.24, 2.45) is 0 Å². The Kier molecular flexibility index (Phi) is 6.98. The number of nitrogens with zero attached hydrogens (tertiary/aromatic N) is 4. The van der Waals surface area contributed by atoms with E-state index in [-0.39, 0.29) is 17.0 Å². The molecule has 3 aromatic heterocycles. The highest BCUT2D eigenvalue weighted by atomic mass is 31.2. The lowest BCUT2D eigenvalue weighted by atomic mass is 10.1. The highest BCUT2D eigenvalue weighted by Gasteiger charge is 2.45. The number of aliphatic hydroxyl groups excluding tert-OH is 2. The third kappa shape index (κ3) is 5.63. The quantitative estimate of drug-likeness (QED) is 0.146. The van der Waals surface area contributed by atoms with Crippen molar-refractivity contribution in [3.63, 3.8) is 0 Å². The predicted octanol–water partition coefficient (Wildman–Crippen LogP) is -2.52. The van der Waals surface area contributed by atoms with E-state index in [1.165, 1.54) is 0 Å². The van der Waals surface area contributed by atoms with Gasteiger partial charge in [-0.25, -0.2) is 14.3 Å². The summed E-state index contributed by atoms with van der Waals surface area (Å²) in [4.78, 5) is 52.1. The lowest BCUT2D eigenvalue weighted by Gasteiger charge is -2.16. The standard InChI is InChI=1S/C10H13FN5O7P.C4H3FN2O2/c11-10-14-7(12)4-8(15-10)16(2-13-4)9-6(18)5(17)3(23-9)1-22-24(19,20)21;5-2-1-6-4(9)7-3(2)8/h2-3,5-6,9,17-18H,1H2,(H2,12,14,15)(H2,19,20,21);1H,(H2,6,7,8,9)/t3-,5-,6+,9-;/m1./s1. The van der Waals surface area contributed by atoms with Crippen LogP contribution in [-0.4, -0.2) is 74.4 Å². The zero-order chi connectivity index (χ0) is 24.5. The Bertz CT molecular complexity index is 1310. The minimum Gasteiger partial charge on any atom is -0.387 e. The fraction of sp³-hybridized carbons (Fsp3) is 0.357. The van der Waals surface area contributed by atoms with E-state index in [1.54, 1.807) is 4.98 Å². The molecule has 0 saturated carbocycles. The molecule has 0 bridgehead atoms. The first-order valence-electron chi connectivity index (χ1n) is 8.72. The molecule has 0 unspecified atom stereocenters. The molecule has 33 heavy (non-hydrogen) atoms. The van der Waals surface area contributed by atoms with E-state index >= 15 is 0 Å². The number of imidazole rings is 1. The minimum atomic E-state index is -4.78. The molecule has 8 N–H and O–H groups in total. The van der Waals surface area contributed by atoms with Gasteiger partial charge in [-0.3, -0.25) is 18.9 Å². The lowest BCUT2D eigenvalue weighted by molar-refractivity contribution is -0.0504. The average Bonchev–Trinajstić information content (AvgIpc) is 3.25. The van der Waals surface area contributed by atoms with Crippen LogP contribution in [0.2, 0.25) is 0 Å². The number of aromatic nitrogens is 6. The number of nitrogens with two attached hydrogens (primary N) is 1. The summed E-state index contributed by atoms with van der Waals surface area (Å²) in [5.41, 5.74) is 3.81. The lowest BCUT2D eigenvalue weighted by Crippen LogP contribution is -2.33. The van der Waals surface area contributed by atoms with E-state index in [2.05, 4.69) is 19.5 Å². The van der Waals surface area contributed by atoms with Gasteiger partial charge < -0.3 is 35.5 Å². The fourth-order valence-corrected chi connectivity index (χ4v) is 3.10. The van der Waals surface area contributed by atoms with Crippen LogP contribution < -0.4 is 17.0 Å². The summed E-state index contributed by atoms with van der Waals surface area (Å²) < 4.78 is 46.8. The maximum Gasteiger partial charge on any atom is 0.469 e. The van der Waals surface area contributed by atoms with Gasteiger partial charge in [-0.05, 0) is 0 Å². The number of ether oxygens (including phenoxy) is 1. The highest BCUT2D eigenvalue weighted by molar-refractivity contribution is 7.46. The van der Waals surface area contributed by atoms with Crippen molar-refractivity contribution in [2.45, 2.75) is 24.5 Å². The van der Waals surface area contributed by atoms with Gasteiger partial charge in [0.2, 0.25) is 5.82 Å². The molecule has 1 fully saturated rings. The number of fused-ring (bicyclic) bond motifs is 1. The zero-order valence-corrected chi connectivity index (χ0v) is 17.0. The van der Waals surface area contributed by atoms with Crippen molar-refractivity contribution in [3.8, 4) is 0 Å². The molecule has 180 valence electrons. The molecule has 4 atom stereocenters. The first kappa shape index (κ1) is 24.5. The maximum absolute atomic E-state index is 13.3. The summed E-state index contributed by atoms with van der Waals surface area (Å²) in [6, 6.07) is 0. The monoisotopic (exact) mass is 495 g/mol. The number of nitrogens with one attached hydrogen (secondary N) is 2. The largest absolute Gasteiger partial charge is 0.469 e. The Morgan fingerprint density at radius 2 is 1.94 bits per heavy atom. The van der Waals surface area contributed by atoms with E-state index in [0.717, 1.165) is 10.9 Å². The number of phosphoric ester groups is 1. The van der Waals surface area contributed by atoms with Gasteiger partial charge in [0.15, 0.2) is 23.2 Å². The first-order valence-corrected chi connectivity index (χ1v) is 10.2. The number of H-pyrrole nitrogens is 2. The summed E-state index contributed by atoms with van der Waals surface area (Å²) in [6.45, 7) is -0.670. The van der Waals surface area contributed by atoms with Gasteiger partial charge in [-0.2, -0.15) is 18.7 Å². The summed E-state index contributed by atoms with van der Waals surface area (Å²) in [5, 5.41) is 20.0. The van der Waals surface area contributed by atoms with Crippen LogP contribution in [-0.2, 0) is 13.8 Å². The third-order valence-corrected chi connectivity index (χ3v) is 4.70. The van der Waals surface area contributed by atoms with Crippen LogP contribution in [0.1, 0.15) is 6.23 Å². The van der Waals surface area contributed by atoms with Crippen LogP contribution in [0.25, 0.3) is 11.2 Å². The Hall–Kier alpha value is -3.12. The van der Waals surface area contributed by atoms with E-state index in [1.807, 2.05) is 4.98 Å². The number of anilines is 1. The van der Waals surface area contributed by atoms with Gasteiger partial charge in [-0.15, -0.1) is 0 Å². The molecule has 16 nitrogen and oxygen atoms in total. The second-order valence-corrected chi connectivity index (χ2v) is 7.69. The fourth-order valence-electron chi connectivity index (χ4n) is 2.76. The number of aliphatic hydroxyl groups is 2. The smallest absolute Gasteiger partial charge is 0.387 e. The van der Waals surface area contributed by atoms with Gasteiger partial charge >= 0.3 is 19.6 Å². The molecule has 1 saturated heterocycles. The Balaban J connectivity index is 0.000000286. The summed E-state index contributed by atoms with van der Waals surface area (Å²) in [7, 11) is -4.78. The van der Waals surface area contributed by atoms with Crippen LogP contribution >= 0.6 is 7.82 Å². The summed E-state index contributed by atoms with van der Waals surface area (Å²) in [5.74, 6) is -1.21. The molecule has 0 spiro atoms. The SMILES string of the molecule is Nc1nc(F)nc2c1ncn2[C@@H]1O[C@H](COP(=O)(O)O)[C@@H](O)[C@@H]1O.O=c1[nH]cc(F)c(=O)[nH]1. The number of halogens is 2. The molecular formula is C14H16F2N7O9P. The topological polar surface area (TPSA) is 252 Å². The van der Waals surface area contributed by atoms with E-state index in [0.29, 0.717) is 6.20 Å². The Labute approximate surface area is 179 Å². The number of nitrogen functional groups attached to an aromatic ring is 1. The second-order valence-electron chi connectivity index (χ2n) is 6.45. The van der Waals surface area contributed by atoms with Crippen LogP contribution in [0.4, 0.5) is 14.6 Å². The highest BCUT2D eigenvalue weighted by Crippen LogP contribution is 2.38. The van der Waals surface area contributed by atoms with Gasteiger partial charge in [0.1, 0.15) is 18.3 Å². The van der Waals surface area contributed by atoms with E-state index < -0.39 is 62.1 Å². The molecule has 0 aliphatic carbocycles. The zero-order valence-electron chi connectivity index (χ0n) is 16.1. The molecular weight excluding hydrogens is 479 g/mol. The second kappa shape index (κ2) is 9.40.